The van der Waals surface area contributed by atoms with E-state index in [1.54, 1.807) is 5.57 Å². The molecular weight excluding hydrogens is 180 g/mol. The van der Waals surface area contributed by atoms with Gasteiger partial charge in [0.25, 0.3) is 0 Å². The summed E-state index contributed by atoms with van der Waals surface area (Å²) in [7, 11) is 0. The lowest BCUT2D eigenvalue weighted by Crippen LogP contribution is -2.31. The third-order valence-corrected chi connectivity index (χ3v) is 4.67. The van der Waals surface area contributed by atoms with Crippen LogP contribution in [0.5, 0.6) is 0 Å². The van der Waals surface area contributed by atoms with E-state index < -0.39 is 0 Å². The van der Waals surface area contributed by atoms with Crippen LogP contribution in [0.4, 0.5) is 0 Å². The fourth-order valence-corrected chi connectivity index (χ4v) is 3.05. The lowest BCUT2D eigenvalue weighted by atomic mass is 9.65. The minimum Gasteiger partial charge on any atom is -0.0876 e. The summed E-state index contributed by atoms with van der Waals surface area (Å²) < 4.78 is 0. The van der Waals surface area contributed by atoms with Gasteiger partial charge < -0.3 is 0 Å². The van der Waals surface area contributed by atoms with Crippen LogP contribution in [-0.4, -0.2) is 0 Å². The topological polar surface area (TPSA) is 0 Å². The Bertz CT molecular complexity index is 276. The quantitative estimate of drug-likeness (QED) is 0.596. The zero-order valence-electron chi connectivity index (χ0n) is 10.5. The molecule has 0 heterocycles. The van der Waals surface area contributed by atoms with Gasteiger partial charge in [0, 0.05) is 0 Å². The average molecular weight is 204 g/mol. The van der Waals surface area contributed by atoms with Crippen molar-refractivity contribution >= 4 is 0 Å². The summed E-state index contributed by atoms with van der Waals surface area (Å²) in [6.07, 6.45) is 9.95. The minimum atomic E-state index is 0.759. The van der Waals surface area contributed by atoms with E-state index in [-0.39, 0.29) is 0 Å². The smallest absolute Gasteiger partial charge is 0.0136 e. The molecule has 0 N–H and O–H groups in total. The molecule has 4 atom stereocenters. The lowest BCUT2D eigenvalue weighted by molar-refractivity contribution is 0.146. The maximum Gasteiger partial charge on any atom is -0.0136 e. The van der Waals surface area contributed by atoms with Crippen molar-refractivity contribution < 1.29 is 0 Å². The third kappa shape index (κ3) is 2.04. The van der Waals surface area contributed by atoms with Gasteiger partial charge in [0.05, 0.1) is 0 Å². The molecule has 2 rings (SSSR count). The minimum absolute atomic E-state index is 0.759. The van der Waals surface area contributed by atoms with Crippen LogP contribution in [-0.2, 0) is 0 Å². The Hall–Kier alpha value is -0.520. The van der Waals surface area contributed by atoms with Crippen molar-refractivity contribution in [1.29, 1.82) is 0 Å². The Morgan fingerprint density at radius 2 is 1.93 bits per heavy atom. The van der Waals surface area contributed by atoms with E-state index in [0.717, 1.165) is 29.6 Å². The lowest BCUT2D eigenvalue weighted by Gasteiger charge is -2.40. The third-order valence-electron chi connectivity index (χ3n) is 4.67. The number of hydrogen-bond donors (Lipinski definition) is 0. The van der Waals surface area contributed by atoms with E-state index in [4.69, 9.17) is 0 Å². The van der Waals surface area contributed by atoms with Crippen LogP contribution in [0.1, 0.15) is 40.5 Å². The molecule has 0 aliphatic heterocycles. The van der Waals surface area contributed by atoms with E-state index in [9.17, 15) is 0 Å². The summed E-state index contributed by atoms with van der Waals surface area (Å²) in [5, 5.41) is 0. The summed E-state index contributed by atoms with van der Waals surface area (Å²) in [4.78, 5) is 0. The second-order valence-electron chi connectivity index (χ2n) is 5.79. The normalized spacial score (nSPS) is 42.0. The highest BCUT2D eigenvalue weighted by Gasteiger charge is 2.33. The van der Waals surface area contributed by atoms with Crippen molar-refractivity contribution in [3.63, 3.8) is 0 Å². The molecule has 84 valence electrons. The zero-order valence-corrected chi connectivity index (χ0v) is 10.5. The monoisotopic (exact) mass is 204 g/mol. The second-order valence-corrected chi connectivity index (χ2v) is 5.79. The Morgan fingerprint density at radius 1 is 1.33 bits per heavy atom. The maximum atomic E-state index is 2.57. The van der Waals surface area contributed by atoms with E-state index >= 15 is 0 Å². The molecule has 0 nitrogen and oxygen atoms in total. The Balaban J connectivity index is 1.96. The van der Waals surface area contributed by atoms with Gasteiger partial charge in [0.2, 0.25) is 0 Å². The van der Waals surface area contributed by atoms with E-state index in [1.807, 2.05) is 0 Å². The van der Waals surface area contributed by atoms with Gasteiger partial charge >= 0.3 is 0 Å². The first-order valence-electron chi connectivity index (χ1n) is 6.44. The van der Waals surface area contributed by atoms with Gasteiger partial charge in [-0.05, 0) is 49.4 Å². The van der Waals surface area contributed by atoms with Gasteiger partial charge in [-0.25, -0.2) is 0 Å². The Morgan fingerprint density at radius 3 is 2.33 bits per heavy atom. The molecule has 2 aliphatic carbocycles. The first-order chi connectivity index (χ1) is 7.09. The maximum absolute atomic E-state index is 2.57. The Kier molecular flexibility index (Phi) is 3.04. The predicted octanol–water partition coefficient (Wildman–Crippen LogP) is 4.44. The van der Waals surface area contributed by atoms with Gasteiger partial charge in [-0.3, -0.25) is 0 Å². The summed E-state index contributed by atoms with van der Waals surface area (Å²) in [6.45, 7) is 9.49. The van der Waals surface area contributed by atoms with Crippen LogP contribution in [0.2, 0.25) is 0 Å². The molecular formula is C15H24. The molecule has 1 saturated carbocycles. The summed E-state index contributed by atoms with van der Waals surface area (Å²) >= 11 is 0. The van der Waals surface area contributed by atoms with Crippen molar-refractivity contribution in [1.82, 2.24) is 0 Å². The standard InChI is InChI=1S/C15H24/c1-10(13(4)14-6-5-7-14)9-15-11(2)8-12(15)3/h5-6,9,11-15H,7-8H2,1-4H3. The van der Waals surface area contributed by atoms with Crippen LogP contribution in [0, 0.1) is 29.6 Å². The van der Waals surface area contributed by atoms with Crippen LogP contribution < -0.4 is 0 Å². The summed E-state index contributed by atoms with van der Waals surface area (Å²) in [5.41, 5.74) is 1.62. The molecule has 0 saturated heterocycles. The highest BCUT2D eigenvalue weighted by molar-refractivity contribution is 5.16. The number of rotatable bonds is 3. The molecule has 1 fully saturated rings. The molecule has 0 aromatic rings. The van der Waals surface area contributed by atoms with Crippen molar-refractivity contribution in [2.24, 2.45) is 29.6 Å². The predicted molar refractivity (Wildman–Crippen MR) is 66.6 cm³/mol. The first kappa shape index (κ1) is 11.0. The van der Waals surface area contributed by atoms with E-state index in [1.165, 1.54) is 12.8 Å². The van der Waals surface area contributed by atoms with Crippen molar-refractivity contribution in [2.75, 3.05) is 0 Å². The van der Waals surface area contributed by atoms with E-state index in [2.05, 4.69) is 45.9 Å². The van der Waals surface area contributed by atoms with Gasteiger partial charge in [0.1, 0.15) is 0 Å². The number of hydrogen-bond acceptors (Lipinski definition) is 0. The Labute approximate surface area is 94.5 Å². The van der Waals surface area contributed by atoms with Crippen molar-refractivity contribution in [3.05, 3.63) is 23.8 Å². The van der Waals surface area contributed by atoms with Crippen LogP contribution >= 0.6 is 0 Å². The molecule has 2 aliphatic rings. The van der Waals surface area contributed by atoms with Crippen LogP contribution in [0.25, 0.3) is 0 Å². The number of allylic oxidation sites excluding steroid dienone is 4. The SMILES string of the molecule is CC(=CC1C(C)CC1C)C(C)C1C=CC1. The fourth-order valence-electron chi connectivity index (χ4n) is 3.05. The van der Waals surface area contributed by atoms with Gasteiger partial charge in [0.15, 0.2) is 0 Å². The second kappa shape index (κ2) is 4.15. The molecule has 0 radical (unpaired) electrons. The molecule has 0 amide bonds. The highest BCUT2D eigenvalue weighted by atomic mass is 14.4. The first-order valence-corrected chi connectivity index (χ1v) is 6.44. The van der Waals surface area contributed by atoms with Crippen LogP contribution in [0.15, 0.2) is 23.8 Å². The van der Waals surface area contributed by atoms with Crippen LogP contribution in [0.3, 0.4) is 0 Å². The largest absolute Gasteiger partial charge is 0.0876 e. The zero-order chi connectivity index (χ0) is 11.0. The molecule has 0 bridgehead atoms. The van der Waals surface area contributed by atoms with Crippen molar-refractivity contribution in [3.8, 4) is 0 Å². The molecule has 15 heavy (non-hydrogen) atoms. The van der Waals surface area contributed by atoms with Gasteiger partial charge in [-0.2, -0.15) is 0 Å². The van der Waals surface area contributed by atoms with E-state index in [0.29, 0.717) is 0 Å². The highest BCUT2D eigenvalue weighted by Crippen LogP contribution is 2.42. The average Bonchev–Trinajstić information content (AvgIpc) is 2.11. The van der Waals surface area contributed by atoms with Gasteiger partial charge in [-0.1, -0.05) is 44.6 Å². The molecule has 0 aromatic heterocycles. The summed E-state index contributed by atoms with van der Waals surface area (Å²) in [6, 6.07) is 0. The summed E-state index contributed by atoms with van der Waals surface area (Å²) in [5.74, 6) is 4.27. The molecule has 4 unspecified atom stereocenters. The fraction of sp³-hybridized carbons (Fsp3) is 0.733. The molecule has 0 spiro atoms. The van der Waals surface area contributed by atoms with Crippen molar-refractivity contribution in [2.45, 2.75) is 40.5 Å². The molecule has 0 heteroatoms. The molecule has 0 aromatic carbocycles. The van der Waals surface area contributed by atoms with Gasteiger partial charge in [-0.15, -0.1) is 0 Å².